The maximum Gasteiger partial charge on any atom is 0.220 e. The molecule has 15 heavy (non-hydrogen) atoms. The van der Waals surface area contributed by atoms with Gasteiger partial charge in [-0.3, -0.25) is 4.79 Å². The Bertz CT molecular complexity index is 183. The molecule has 1 aliphatic rings. The van der Waals surface area contributed by atoms with Gasteiger partial charge in [0, 0.05) is 13.0 Å². The van der Waals surface area contributed by atoms with E-state index in [0.717, 1.165) is 19.4 Å². The monoisotopic (exact) mass is 211 g/mol. The second-order valence-corrected chi connectivity index (χ2v) is 5.24. The average Bonchev–Trinajstić information content (AvgIpc) is 2.18. The third-order valence-electron chi connectivity index (χ3n) is 3.24. The Hall–Kier alpha value is -0.530. The zero-order valence-electron chi connectivity index (χ0n) is 10.2. The summed E-state index contributed by atoms with van der Waals surface area (Å²) in [7, 11) is 0. The molecule has 1 amide bonds. The second kappa shape index (κ2) is 6.86. The van der Waals surface area contributed by atoms with Gasteiger partial charge in [-0.15, -0.1) is 0 Å². The molecule has 2 heteroatoms. The van der Waals surface area contributed by atoms with E-state index in [0.29, 0.717) is 11.8 Å². The maximum absolute atomic E-state index is 11.6. The summed E-state index contributed by atoms with van der Waals surface area (Å²) < 4.78 is 0. The third kappa shape index (κ3) is 5.81. The first-order chi connectivity index (χ1) is 7.18. The molecule has 1 aliphatic carbocycles. The SMILES string of the molecule is CC(C)CCNC(=O)CC1CCCCC1. The Morgan fingerprint density at radius 2 is 1.93 bits per heavy atom. The second-order valence-electron chi connectivity index (χ2n) is 5.24. The quantitative estimate of drug-likeness (QED) is 0.743. The molecule has 0 atom stereocenters. The van der Waals surface area contributed by atoms with Gasteiger partial charge >= 0.3 is 0 Å². The van der Waals surface area contributed by atoms with E-state index in [9.17, 15) is 4.79 Å². The van der Waals surface area contributed by atoms with Crippen LogP contribution in [-0.2, 0) is 4.79 Å². The van der Waals surface area contributed by atoms with Crippen molar-refractivity contribution in [1.82, 2.24) is 5.32 Å². The minimum Gasteiger partial charge on any atom is -0.356 e. The topological polar surface area (TPSA) is 29.1 Å². The Morgan fingerprint density at radius 1 is 1.27 bits per heavy atom. The van der Waals surface area contributed by atoms with E-state index in [1.807, 2.05) is 0 Å². The van der Waals surface area contributed by atoms with Crippen molar-refractivity contribution in [2.75, 3.05) is 6.54 Å². The number of hydrogen-bond acceptors (Lipinski definition) is 1. The van der Waals surface area contributed by atoms with E-state index in [-0.39, 0.29) is 5.91 Å². The summed E-state index contributed by atoms with van der Waals surface area (Å²) in [5, 5.41) is 3.02. The largest absolute Gasteiger partial charge is 0.356 e. The van der Waals surface area contributed by atoms with Crippen molar-refractivity contribution >= 4 is 5.91 Å². The fourth-order valence-electron chi connectivity index (χ4n) is 2.23. The zero-order valence-corrected chi connectivity index (χ0v) is 10.2. The molecule has 1 rings (SSSR count). The summed E-state index contributed by atoms with van der Waals surface area (Å²) in [6, 6.07) is 0. The van der Waals surface area contributed by atoms with Crippen LogP contribution in [0.5, 0.6) is 0 Å². The summed E-state index contributed by atoms with van der Waals surface area (Å²) in [6.45, 7) is 5.23. The van der Waals surface area contributed by atoms with Crippen molar-refractivity contribution in [1.29, 1.82) is 0 Å². The molecule has 0 aromatic carbocycles. The summed E-state index contributed by atoms with van der Waals surface area (Å²) in [4.78, 5) is 11.6. The smallest absolute Gasteiger partial charge is 0.220 e. The van der Waals surface area contributed by atoms with Crippen molar-refractivity contribution in [3.63, 3.8) is 0 Å². The van der Waals surface area contributed by atoms with E-state index < -0.39 is 0 Å². The van der Waals surface area contributed by atoms with E-state index in [1.165, 1.54) is 32.1 Å². The van der Waals surface area contributed by atoms with Crippen molar-refractivity contribution in [3.8, 4) is 0 Å². The van der Waals surface area contributed by atoms with Crippen molar-refractivity contribution in [2.45, 2.75) is 58.8 Å². The molecule has 0 saturated heterocycles. The summed E-state index contributed by atoms with van der Waals surface area (Å²) in [5.41, 5.74) is 0. The van der Waals surface area contributed by atoms with Gasteiger partial charge in [0.05, 0.1) is 0 Å². The molecule has 0 aromatic heterocycles. The van der Waals surface area contributed by atoms with Crippen LogP contribution in [0.15, 0.2) is 0 Å². The Morgan fingerprint density at radius 3 is 2.53 bits per heavy atom. The molecule has 1 saturated carbocycles. The zero-order chi connectivity index (χ0) is 11.1. The first-order valence-corrected chi connectivity index (χ1v) is 6.45. The highest BCUT2D eigenvalue weighted by atomic mass is 16.1. The first-order valence-electron chi connectivity index (χ1n) is 6.45. The van der Waals surface area contributed by atoms with Gasteiger partial charge in [0.1, 0.15) is 0 Å². The summed E-state index contributed by atoms with van der Waals surface area (Å²) in [5.74, 6) is 1.61. The van der Waals surface area contributed by atoms with Crippen LogP contribution in [0, 0.1) is 11.8 Å². The number of rotatable bonds is 5. The minimum absolute atomic E-state index is 0.266. The van der Waals surface area contributed by atoms with Gasteiger partial charge in [0.25, 0.3) is 0 Å². The Labute approximate surface area is 93.8 Å². The number of hydrogen-bond donors (Lipinski definition) is 1. The lowest BCUT2D eigenvalue weighted by Gasteiger charge is -2.20. The molecule has 88 valence electrons. The van der Waals surface area contributed by atoms with Crippen molar-refractivity contribution < 1.29 is 4.79 Å². The van der Waals surface area contributed by atoms with E-state index in [4.69, 9.17) is 0 Å². The highest BCUT2D eigenvalue weighted by Crippen LogP contribution is 2.25. The third-order valence-corrected chi connectivity index (χ3v) is 3.24. The lowest BCUT2D eigenvalue weighted by atomic mass is 9.87. The predicted molar refractivity (Wildman–Crippen MR) is 63.7 cm³/mol. The van der Waals surface area contributed by atoms with Gasteiger partial charge in [0.15, 0.2) is 0 Å². The first kappa shape index (κ1) is 12.5. The molecule has 0 aromatic rings. The van der Waals surface area contributed by atoms with E-state index >= 15 is 0 Å². The molecule has 0 heterocycles. The molecule has 0 bridgehead atoms. The molecule has 0 spiro atoms. The van der Waals surface area contributed by atoms with Crippen molar-refractivity contribution in [3.05, 3.63) is 0 Å². The van der Waals surface area contributed by atoms with Crippen LogP contribution in [0.1, 0.15) is 58.8 Å². The Kier molecular flexibility index (Phi) is 5.74. The van der Waals surface area contributed by atoms with Crippen molar-refractivity contribution in [2.24, 2.45) is 11.8 Å². The summed E-state index contributed by atoms with van der Waals surface area (Å²) in [6.07, 6.45) is 8.39. The standard InChI is InChI=1S/C13H25NO/c1-11(2)8-9-14-13(15)10-12-6-4-3-5-7-12/h11-12H,3-10H2,1-2H3,(H,14,15). The van der Waals surface area contributed by atoms with Crippen LogP contribution in [0.25, 0.3) is 0 Å². The molecule has 2 nitrogen and oxygen atoms in total. The fraction of sp³-hybridized carbons (Fsp3) is 0.923. The maximum atomic E-state index is 11.6. The normalized spacial score (nSPS) is 18.1. The molecule has 1 fully saturated rings. The van der Waals surface area contributed by atoms with Crippen LogP contribution < -0.4 is 5.32 Å². The molecule has 1 N–H and O–H groups in total. The summed E-state index contributed by atoms with van der Waals surface area (Å²) >= 11 is 0. The lowest BCUT2D eigenvalue weighted by Crippen LogP contribution is -2.27. The average molecular weight is 211 g/mol. The Balaban J connectivity index is 2.06. The molecule has 0 unspecified atom stereocenters. The van der Waals surface area contributed by atoms with Gasteiger partial charge in [-0.05, 0) is 31.1 Å². The molecular weight excluding hydrogens is 186 g/mol. The highest BCUT2D eigenvalue weighted by molar-refractivity contribution is 5.76. The lowest BCUT2D eigenvalue weighted by molar-refractivity contribution is -0.122. The van der Waals surface area contributed by atoms with Crippen LogP contribution in [0.3, 0.4) is 0 Å². The highest BCUT2D eigenvalue weighted by Gasteiger charge is 2.16. The predicted octanol–water partition coefficient (Wildman–Crippen LogP) is 3.12. The van der Waals surface area contributed by atoms with E-state index in [2.05, 4.69) is 19.2 Å². The van der Waals surface area contributed by atoms with Crippen LogP contribution in [0.4, 0.5) is 0 Å². The van der Waals surface area contributed by atoms with Gasteiger partial charge < -0.3 is 5.32 Å². The van der Waals surface area contributed by atoms with Gasteiger partial charge in [0.2, 0.25) is 5.91 Å². The van der Waals surface area contributed by atoms with E-state index in [1.54, 1.807) is 0 Å². The number of amides is 1. The van der Waals surface area contributed by atoms with Crippen LogP contribution in [0.2, 0.25) is 0 Å². The minimum atomic E-state index is 0.266. The fourth-order valence-corrected chi connectivity index (χ4v) is 2.23. The number of carbonyl (C=O) groups excluding carboxylic acids is 1. The van der Waals surface area contributed by atoms with Gasteiger partial charge in [-0.2, -0.15) is 0 Å². The van der Waals surface area contributed by atoms with Gasteiger partial charge in [-0.1, -0.05) is 33.1 Å². The molecule has 0 aliphatic heterocycles. The number of carbonyl (C=O) groups is 1. The van der Waals surface area contributed by atoms with Gasteiger partial charge in [-0.25, -0.2) is 0 Å². The van der Waals surface area contributed by atoms with Crippen LogP contribution >= 0.6 is 0 Å². The number of nitrogens with one attached hydrogen (secondary N) is 1. The van der Waals surface area contributed by atoms with Crippen LogP contribution in [-0.4, -0.2) is 12.5 Å². The molecule has 0 radical (unpaired) electrons. The molecular formula is C13H25NO.